The predicted octanol–water partition coefficient (Wildman–Crippen LogP) is 2.10. The van der Waals surface area contributed by atoms with E-state index in [0.717, 1.165) is 5.20 Å². The molecule has 0 heterocycles. The summed E-state index contributed by atoms with van der Waals surface area (Å²) in [7, 11) is 4.17. The van der Waals surface area contributed by atoms with Crippen molar-refractivity contribution in [1.82, 2.24) is 0 Å². The van der Waals surface area contributed by atoms with E-state index >= 15 is 0 Å². The SMILES string of the molecule is [B]C1CC=C([Si](C)(C)C)C(F)C1CO. The van der Waals surface area contributed by atoms with Crippen LogP contribution < -0.4 is 0 Å². The van der Waals surface area contributed by atoms with Crippen LogP contribution in [0.5, 0.6) is 0 Å². The van der Waals surface area contributed by atoms with Gasteiger partial charge in [0.2, 0.25) is 0 Å². The first kappa shape index (κ1) is 12.0. The minimum atomic E-state index is -1.59. The monoisotopic (exact) mass is 212 g/mol. The molecule has 0 fully saturated rings. The average Bonchev–Trinajstić information content (AvgIpc) is 2.02. The highest BCUT2D eigenvalue weighted by molar-refractivity contribution is 6.83. The number of halogens is 1. The molecule has 1 N–H and O–H groups in total. The fraction of sp³-hybridized carbons (Fsp3) is 0.800. The molecule has 3 atom stereocenters. The van der Waals surface area contributed by atoms with E-state index < -0.39 is 20.2 Å². The molecule has 0 aromatic rings. The standard InChI is InChI=1S/C10H18BFOSi/c1-14(2,3)9-5-4-8(11)7(6-13)10(9)12/h5,7-8,10,13H,4,6H2,1-3H3. The van der Waals surface area contributed by atoms with E-state index in [1.807, 2.05) is 6.08 Å². The molecule has 1 aliphatic rings. The van der Waals surface area contributed by atoms with Crippen LogP contribution in [0, 0.1) is 5.92 Å². The zero-order valence-corrected chi connectivity index (χ0v) is 10.1. The van der Waals surface area contributed by atoms with Gasteiger partial charge in [-0.25, -0.2) is 4.39 Å². The van der Waals surface area contributed by atoms with Gasteiger partial charge in [0.1, 0.15) is 6.17 Å². The molecule has 3 unspecified atom stereocenters. The first-order valence-electron chi connectivity index (χ1n) is 5.09. The van der Waals surface area contributed by atoms with Gasteiger partial charge in [-0.1, -0.05) is 36.7 Å². The lowest BCUT2D eigenvalue weighted by Crippen LogP contribution is -2.39. The van der Waals surface area contributed by atoms with Gasteiger partial charge in [0, 0.05) is 12.5 Å². The highest BCUT2D eigenvalue weighted by atomic mass is 28.3. The van der Waals surface area contributed by atoms with Gasteiger partial charge in [-0.2, -0.15) is 0 Å². The molecule has 0 aromatic heterocycles. The van der Waals surface area contributed by atoms with Gasteiger partial charge >= 0.3 is 0 Å². The van der Waals surface area contributed by atoms with Crippen LogP contribution in [0.1, 0.15) is 6.42 Å². The largest absolute Gasteiger partial charge is 0.396 e. The molecular formula is C10H18BFOSi. The first-order chi connectivity index (χ1) is 6.38. The van der Waals surface area contributed by atoms with Crippen molar-refractivity contribution in [3.63, 3.8) is 0 Å². The summed E-state index contributed by atoms with van der Waals surface area (Å²) in [4.78, 5) is 0. The first-order valence-corrected chi connectivity index (χ1v) is 8.59. The normalized spacial score (nSPS) is 34.1. The lowest BCUT2D eigenvalue weighted by atomic mass is 9.70. The van der Waals surface area contributed by atoms with Crippen LogP contribution >= 0.6 is 0 Å². The Labute approximate surface area is 87.8 Å². The molecule has 1 nitrogen and oxygen atoms in total. The summed E-state index contributed by atoms with van der Waals surface area (Å²) >= 11 is 0. The summed E-state index contributed by atoms with van der Waals surface area (Å²) in [5.41, 5.74) is 0. The number of hydrogen-bond donors (Lipinski definition) is 1. The molecule has 0 bridgehead atoms. The van der Waals surface area contributed by atoms with E-state index in [2.05, 4.69) is 19.6 Å². The van der Waals surface area contributed by atoms with Crippen molar-refractivity contribution < 1.29 is 9.50 Å². The van der Waals surface area contributed by atoms with Gasteiger partial charge in [-0.15, -0.1) is 0 Å². The molecule has 0 saturated heterocycles. The molecule has 0 aliphatic heterocycles. The van der Waals surface area contributed by atoms with E-state index in [9.17, 15) is 4.39 Å². The number of aliphatic hydroxyl groups excluding tert-OH is 1. The number of hydrogen-bond acceptors (Lipinski definition) is 1. The maximum Gasteiger partial charge on any atom is 0.122 e. The second-order valence-electron chi connectivity index (χ2n) is 5.06. The van der Waals surface area contributed by atoms with E-state index in [0.29, 0.717) is 6.42 Å². The van der Waals surface area contributed by atoms with Crippen LogP contribution in [0.3, 0.4) is 0 Å². The summed E-state index contributed by atoms with van der Waals surface area (Å²) in [6.07, 6.45) is 1.62. The zero-order valence-electron chi connectivity index (χ0n) is 9.13. The number of aliphatic hydroxyl groups is 1. The highest BCUT2D eigenvalue weighted by Crippen LogP contribution is 2.37. The van der Waals surface area contributed by atoms with Crippen molar-refractivity contribution in [3.8, 4) is 0 Å². The Bertz CT molecular complexity index is 237. The van der Waals surface area contributed by atoms with Crippen molar-refractivity contribution in [1.29, 1.82) is 0 Å². The second-order valence-corrected chi connectivity index (χ2v) is 10.1. The van der Waals surface area contributed by atoms with Crippen molar-refractivity contribution in [2.75, 3.05) is 6.61 Å². The Balaban J connectivity index is 2.90. The highest BCUT2D eigenvalue weighted by Gasteiger charge is 2.37. The van der Waals surface area contributed by atoms with Gasteiger partial charge in [-0.05, 0) is 6.42 Å². The molecule has 0 spiro atoms. The smallest absolute Gasteiger partial charge is 0.122 e. The Morgan fingerprint density at radius 2 is 2.14 bits per heavy atom. The van der Waals surface area contributed by atoms with Crippen LogP contribution in [-0.2, 0) is 0 Å². The number of rotatable bonds is 2. The summed E-state index contributed by atoms with van der Waals surface area (Å²) in [6.45, 7) is 6.22. The van der Waals surface area contributed by atoms with E-state index in [-0.39, 0.29) is 12.4 Å². The minimum absolute atomic E-state index is 0.149. The average molecular weight is 212 g/mol. The molecule has 78 valence electrons. The Kier molecular flexibility index (Phi) is 3.59. The van der Waals surface area contributed by atoms with Gasteiger partial charge in [0.05, 0.1) is 15.9 Å². The van der Waals surface area contributed by atoms with Crippen molar-refractivity contribution in [2.24, 2.45) is 5.92 Å². The van der Waals surface area contributed by atoms with Crippen LogP contribution in [-0.4, -0.2) is 33.8 Å². The fourth-order valence-corrected chi connectivity index (χ4v) is 3.72. The summed E-state index contributed by atoms with van der Waals surface area (Å²) in [6, 6.07) is 0. The van der Waals surface area contributed by atoms with Crippen LogP contribution in [0.15, 0.2) is 11.3 Å². The summed E-state index contributed by atoms with van der Waals surface area (Å²) in [5, 5.41) is 10.00. The maximum atomic E-state index is 14.0. The fourth-order valence-electron chi connectivity index (χ4n) is 1.95. The maximum absolute atomic E-state index is 14.0. The zero-order chi connectivity index (χ0) is 10.9. The molecule has 2 radical (unpaired) electrons. The lowest BCUT2D eigenvalue weighted by Gasteiger charge is -2.36. The van der Waals surface area contributed by atoms with Gasteiger partial charge in [0.25, 0.3) is 0 Å². The summed E-state index contributed by atoms with van der Waals surface area (Å²) in [5.74, 6) is -0.628. The van der Waals surface area contributed by atoms with Gasteiger partial charge in [0.15, 0.2) is 0 Å². The van der Waals surface area contributed by atoms with Crippen LogP contribution in [0.4, 0.5) is 4.39 Å². The third-order valence-electron chi connectivity index (χ3n) is 2.91. The minimum Gasteiger partial charge on any atom is -0.396 e. The molecule has 0 saturated carbocycles. The molecule has 1 rings (SSSR count). The molecule has 0 aromatic carbocycles. The molecular weight excluding hydrogens is 194 g/mol. The molecule has 4 heteroatoms. The Morgan fingerprint density at radius 3 is 2.57 bits per heavy atom. The van der Waals surface area contributed by atoms with E-state index in [4.69, 9.17) is 13.0 Å². The molecule has 0 amide bonds. The molecule has 1 aliphatic carbocycles. The number of allylic oxidation sites excluding steroid dienone is 2. The Morgan fingerprint density at radius 1 is 1.57 bits per heavy atom. The topological polar surface area (TPSA) is 20.2 Å². The second kappa shape index (κ2) is 4.19. The van der Waals surface area contributed by atoms with Gasteiger partial charge < -0.3 is 5.11 Å². The third-order valence-corrected chi connectivity index (χ3v) is 5.12. The van der Waals surface area contributed by atoms with Crippen molar-refractivity contribution >= 4 is 15.9 Å². The van der Waals surface area contributed by atoms with E-state index in [1.54, 1.807) is 0 Å². The molecule has 14 heavy (non-hydrogen) atoms. The summed E-state index contributed by atoms with van der Waals surface area (Å²) < 4.78 is 14.0. The van der Waals surface area contributed by atoms with Gasteiger partial charge in [-0.3, -0.25) is 0 Å². The number of alkyl halides is 1. The van der Waals surface area contributed by atoms with Crippen molar-refractivity contribution in [2.45, 2.75) is 38.1 Å². The van der Waals surface area contributed by atoms with Crippen LogP contribution in [0.25, 0.3) is 0 Å². The van der Waals surface area contributed by atoms with E-state index in [1.165, 1.54) is 0 Å². The van der Waals surface area contributed by atoms with Crippen LogP contribution in [0.2, 0.25) is 25.5 Å². The lowest BCUT2D eigenvalue weighted by molar-refractivity contribution is 0.150. The third kappa shape index (κ3) is 2.29. The quantitative estimate of drug-likeness (QED) is 0.695. The Hall–Kier alpha value is -0.0882. The predicted molar refractivity (Wildman–Crippen MR) is 61.0 cm³/mol. The van der Waals surface area contributed by atoms with Crippen molar-refractivity contribution in [3.05, 3.63) is 11.3 Å².